The first-order valence-electron chi connectivity index (χ1n) is 8.02. The maximum Gasteiger partial charge on any atom is 0.227 e. The summed E-state index contributed by atoms with van der Waals surface area (Å²) in [6, 6.07) is 11.1. The minimum Gasteiger partial charge on any atom is -0.326 e. The number of fused-ring (bicyclic) bond motifs is 2. The van der Waals surface area contributed by atoms with Crippen LogP contribution in [0.4, 0.5) is 0 Å². The first-order valence-corrected chi connectivity index (χ1v) is 8.02. The lowest BCUT2D eigenvalue weighted by molar-refractivity contribution is -0.133. The Labute approximate surface area is 125 Å². The number of nitrogens with zero attached hydrogens (tertiary/aromatic N) is 2. The van der Waals surface area contributed by atoms with Gasteiger partial charge in [-0.05, 0) is 49.7 Å². The Hall–Kier alpha value is -1.82. The van der Waals surface area contributed by atoms with Crippen molar-refractivity contribution in [2.75, 3.05) is 6.54 Å². The molecule has 1 amide bonds. The zero-order valence-corrected chi connectivity index (χ0v) is 12.2. The minimum absolute atomic E-state index is 0.0918. The molecule has 3 aliphatic rings. The zero-order chi connectivity index (χ0) is 14.4. The molecule has 1 spiro atoms. The van der Waals surface area contributed by atoms with Gasteiger partial charge in [0.05, 0.1) is 6.07 Å². The molecule has 0 bridgehead atoms. The Morgan fingerprint density at radius 3 is 2.95 bits per heavy atom. The van der Waals surface area contributed by atoms with E-state index in [0.717, 1.165) is 32.1 Å². The summed E-state index contributed by atoms with van der Waals surface area (Å²) in [5.41, 5.74) is 2.92. The van der Waals surface area contributed by atoms with Crippen molar-refractivity contribution in [1.29, 1.82) is 5.26 Å². The summed E-state index contributed by atoms with van der Waals surface area (Å²) in [5, 5.41) is 8.98. The van der Waals surface area contributed by atoms with E-state index in [1.165, 1.54) is 17.5 Å². The van der Waals surface area contributed by atoms with E-state index < -0.39 is 0 Å². The molecule has 0 heterocycles. The van der Waals surface area contributed by atoms with Crippen LogP contribution in [0, 0.1) is 17.2 Å². The quantitative estimate of drug-likeness (QED) is 0.799. The molecule has 108 valence electrons. The second-order valence-corrected chi connectivity index (χ2v) is 6.78. The Morgan fingerprint density at radius 1 is 1.38 bits per heavy atom. The number of hydrogen-bond acceptors (Lipinski definition) is 2. The van der Waals surface area contributed by atoms with Gasteiger partial charge in [0.1, 0.15) is 6.54 Å². The predicted octanol–water partition coefficient (Wildman–Crippen LogP) is 2.80. The average Bonchev–Trinajstić information content (AvgIpc) is 3.40. The summed E-state index contributed by atoms with van der Waals surface area (Å²) in [7, 11) is 0. The molecular weight excluding hydrogens is 260 g/mol. The Kier molecular flexibility index (Phi) is 2.82. The van der Waals surface area contributed by atoms with Crippen molar-refractivity contribution in [2.24, 2.45) is 5.92 Å². The molecule has 3 nitrogen and oxygen atoms in total. The fourth-order valence-corrected chi connectivity index (χ4v) is 4.21. The van der Waals surface area contributed by atoms with Crippen molar-refractivity contribution in [2.45, 2.75) is 50.0 Å². The van der Waals surface area contributed by atoms with Crippen LogP contribution in [0.5, 0.6) is 0 Å². The smallest absolute Gasteiger partial charge is 0.227 e. The lowest BCUT2D eigenvalue weighted by Crippen LogP contribution is -2.37. The summed E-state index contributed by atoms with van der Waals surface area (Å²) >= 11 is 0. The molecule has 3 heteroatoms. The molecule has 2 saturated carbocycles. The SMILES string of the molecule is N#CCN(C(=O)[C@H]1C[C@@]12CCCc1ccccc12)C1CC1. The fraction of sp³-hybridized carbons (Fsp3) is 0.556. The Bertz CT molecular complexity index is 628. The van der Waals surface area contributed by atoms with Crippen molar-refractivity contribution in [3.8, 4) is 6.07 Å². The molecule has 21 heavy (non-hydrogen) atoms. The van der Waals surface area contributed by atoms with Gasteiger partial charge in [-0.25, -0.2) is 0 Å². The summed E-state index contributed by atoms with van der Waals surface area (Å²) in [6.45, 7) is 0.262. The normalized spacial score (nSPS) is 29.6. The van der Waals surface area contributed by atoms with Crippen LogP contribution in [0.25, 0.3) is 0 Å². The van der Waals surface area contributed by atoms with Gasteiger partial charge in [-0.2, -0.15) is 5.26 Å². The topological polar surface area (TPSA) is 44.1 Å². The molecule has 0 unspecified atom stereocenters. The standard InChI is InChI=1S/C18H20N2O/c19-10-11-20(14-7-8-14)17(21)16-12-18(16)9-3-5-13-4-1-2-6-15(13)18/h1-2,4,6,14,16H,3,5,7-9,11-12H2/t16-,18-/m1/s1. The number of nitriles is 1. The molecule has 1 aromatic rings. The van der Waals surface area contributed by atoms with Crippen molar-refractivity contribution in [3.63, 3.8) is 0 Å². The summed E-state index contributed by atoms with van der Waals surface area (Å²) < 4.78 is 0. The molecule has 2 atom stereocenters. The Balaban J connectivity index is 1.60. The van der Waals surface area contributed by atoms with Gasteiger partial charge < -0.3 is 4.90 Å². The second kappa shape index (κ2) is 4.59. The molecule has 0 radical (unpaired) electrons. The second-order valence-electron chi connectivity index (χ2n) is 6.78. The predicted molar refractivity (Wildman–Crippen MR) is 79.5 cm³/mol. The molecule has 0 aliphatic heterocycles. The average molecular weight is 280 g/mol. The van der Waals surface area contributed by atoms with E-state index in [4.69, 9.17) is 5.26 Å². The third kappa shape index (κ3) is 1.97. The van der Waals surface area contributed by atoms with E-state index >= 15 is 0 Å². The number of aryl methyl sites for hydroxylation is 1. The summed E-state index contributed by atoms with van der Waals surface area (Å²) in [5.74, 6) is 0.351. The summed E-state index contributed by atoms with van der Waals surface area (Å²) in [4.78, 5) is 14.7. The maximum atomic E-state index is 12.8. The van der Waals surface area contributed by atoms with Crippen LogP contribution in [0.15, 0.2) is 24.3 Å². The first kappa shape index (κ1) is 12.9. The van der Waals surface area contributed by atoms with Crippen molar-refractivity contribution in [1.82, 2.24) is 4.90 Å². The first-order chi connectivity index (χ1) is 10.3. The highest BCUT2D eigenvalue weighted by atomic mass is 16.2. The van der Waals surface area contributed by atoms with Gasteiger partial charge in [-0.15, -0.1) is 0 Å². The van der Waals surface area contributed by atoms with Gasteiger partial charge in [-0.3, -0.25) is 4.79 Å². The third-order valence-electron chi connectivity index (χ3n) is 5.51. The van der Waals surface area contributed by atoms with Gasteiger partial charge >= 0.3 is 0 Å². The molecule has 4 rings (SSSR count). The maximum absolute atomic E-state index is 12.8. The highest BCUT2D eigenvalue weighted by molar-refractivity contribution is 5.85. The fourth-order valence-electron chi connectivity index (χ4n) is 4.21. The van der Waals surface area contributed by atoms with Crippen molar-refractivity contribution < 1.29 is 4.79 Å². The van der Waals surface area contributed by atoms with E-state index in [2.05, 4.69) is 30.3 Å². The van der Waals surface area contributed by atoms with E-state index in [1.54, 1.807) is 0 Å². The van der Waals surface area contributed by atoms with Crippen LogP contribution in [0.3, 0.4) is 0 Å². The van der Waals surface area contributed by atoms with Gasteiger partial charge in [0.2, 0.25) is 5.91 Å². The lowest BCUT2D eigenvalue weighted by Gasteiger charge is -2.28. The number of amides is 1. The monoisotopic (exact) mass is 280 g/mol. The molecule has 0 saturated heterocycles. The van der Waals surface area contributed by atoms with Crippen LogP contribution in [0.2, 0.25) is 0 Å². The van der Waals surface area contributed by atoms with Crippen molar-refractivity contribution >= 4 is 5.91 Å². The summed E-state index contributed by atoms with van der Waals surface area (Å²) in [6.07, 6.45) is 6.59. The van der Waals surface area contributed by atoms with Crippen molar-refractivity contribution in [3.05, 3.63) is 35.4 Å². The number of rotatable bonds is 3. The van der Waals surface area contributed by atoms with Gasteiger partial charge in [0.25, 0.3) is 0 Å². The number of carbonyl (C=O) groups excluding carboxylic acids is 1. The largest absolute Gasteiger partial charge is 0.326 e. The van der Waals surface area contributed by atoms with Gasteiger partial charge in [-0.1, -0.05) is 24.3 Å². The van der Waals surface area contributed by atoms with Crippen LogP contribution in [-0.2, 0) is 16.6 Å². The zero-order valence-electron chi connectivity index (χ0n) is 12.2. The third-order valence-corrected chi connectivity index (χ3v) is 5.51. The number of carbonyl (C=O) groups is 1. The highest BCUT2D eigenvalue weighted by Gasteiger charge is 2.61. The van der Waals surface area contributed by atoms with E-state index in [1.807, 2.05) is 4.90 Å². The van der Waals surface area contributed by atoms with Gasteiger partial charge in [0, 0.05) is 17.4 Å². The van der Waals surface area contributed by atoms with Crippen LogP contribution in [0.1, 0.15) is 43.2 Å². The Morgan fingerprint density at radius 2 is 2.19 bits per heavy atom. The molecule has 0 N–H and O–H groups in total. The minimum atomic E-state index is 0.0918. The van der Waals surface area contributed by atoms with E-state index in [9.17, 15) is 4.79 Å². The van der Waals surface area contributed by atoms with Gasteiger partial charge in [0.15, 0.2) is 0 Å². The number of benzene rings is 1. The molecule has 1 aromatic carbocycles. The van der Waals surface area contributed by atoms with Crippen LogP contribution in [-0.4, -0.2) is 23.4 Å². The van der Waals surface area contributed by atoms with Crippen LogP contribution >= 0.6 is 0 Å². The highest BCUT2D eigenvalue weighted by Crippen LogP contribution is 2.61. The number of hydrogen-bond donors (Lipinski definition) is 0. The van der Waals surface area contributed by atoms with E-state index in [-0.39, 0.29) is 23.8 Å². The molecule has 3 aliphatic carbocycles. The lowest BCUT2D eigenvalue weighted by atomic mass is 9.78. The molecular formula is C18H20N2O. The molecule has 0 aromatic heterocycles. The molecule has 2 fully saturated rings. The van der Waals surface area contributed by atoms with E-state index in [0.29, 0.717) is 6.04 Å². The van der Waals surface area contributed by atoms with Crippen LogP contribution < -0.4 is 0 Å².